The topological polar surface area (TPSA) is 46.5 Å². The highest BCUT2D eigenvalue weighted by Crippen LogP contribution is 2.41. The van der Waals surface area contributed by atoms with E-state index in [-0.39, 0.29) is 5.88 Å². The number of aliphatic imine (C=N–C) groups is 1. The summed E-state index contributed by atoms with van der Waals surface area (Å²) in [5.74, 6) is 0.951. The third-order valence-corrected chi connectivity index (χ3v) is 15.8. The molecule has 0 unspecified atom stereocenters. The number of fused-ring (bicyclic) bond motifs is 4. The van der Waals surface area contributed by atoms with Crippen LogP contribution < -0.4 is 0 Å². The first-order chi connectivity index (χ1) is 30.2. The van der Waals surface area contributed by atoms with E-state index < -0.39 is 9.84 Å². The zero-order valence-electron chi connectivity index (χ0n) is 36.9. The van der Waals surface area contributed by atoms with Gasteiger partial charge in [0.25, 0.3) is 0 Å². The highest BCUT2D eigenvalue weighted by molar-refractivity contribution is 9.10. The molecule has 0 saturated heterocycles. The molecule has 0 aliphatic carbocycles. The van der Waals surface area contributed by atoms with Crippen LogP contribution in [0.15, 0.2) is 198 Å². The number of rotatable bonds is 8. The Hall–Kier alpha value is -4.92. The van der Waals surface area contributed by atoms with Crippen molar-refractivity contribution in [1.82, 2.24) is 0 Å². The molecule has 0 atom stereocenters. The second-order valence-corrected chi connectivity index (χ2v) is 21.7. The smallest absolute Gasteiger partial charge is 0.198 e. The molecule has 9 rings (SSSR count). The number of hydrogen-bond donors (Lipinski definition) is 0. The van der Waals surface area contributed by atoms with Gasteiger partial charge >= 0.3 is 0 Å². The second-order valence-electron chi connectivity index (χ2n) is 16.7. The van der Waals surface area contributed by atoms with E-state index in [1.54, 1.807) is 23.9 Å². The maximum atomic E-state index is 12.5. The second kappa shape index (κ2) is 20.7. The number of aryl methyl sites for hydroxylation is 1. The number of halogens is 1. The van der Waals surface area contributed by atoms with Crippen molar-refractivity contribution in [2.24, 2.45) is 4.99 Å². The van der Waals surface area contributed by atoms with Gasteiger partial charge in [-0.05, 0) is 155 Å². The van der Waals surface area contributed by atoms with Crippen LogP contribution in [-0.2, 0) is 22.7 Å². The number of benzene rings is 7. The fourth-order valence-corrected chi connectivity index (χ4v) is 10.8. The molecular formula is C56H54BrNO2S3. The van der Waals surface area contributed by atoms with Crippen LogP contribution in [0.3, 0.4) is 0 Å². The maximum Gasteiger partial charge on any atom is 0.198 e. The molecule has 320 valence electrons. The number of nitrogens with zero attached hydrogens (tertiary/aromatic N) is 1. The van der Waals surface area contributed by atoms with Crippen LogP contribution in [0.5, 0.6) is 0 Å². The Balaban J connectivity index is 0.000000156. The van der Waals surface area contributed by atoms with Gasteiger partial charge < -0.3 is 0 Å². The molecule has 0 amide bonds. The lowest BCUT2D eigenvalue weighted by Gasteiger charge is -2.20. The van der Waals surface area contributed by atoms with E-state index in [9.17, 15) is 8.42 Å². The van der Waals surface area contributed by atoms with E-state index in [1.807, 2.05) is 43.8 Å². The molecule has 2 heterocycles. The van der Waals surface area contributed by atoms with Crippen LogP contribution in [0, 0.1) is 6.92 Å². The predicted molar refractivity (Wildman–Crippen MR) is 272 cm³/mol. The van der Waals surface area contributed by atoms with Gasteiger partial charge in [0.05, 0.1) is 4.90 Å². The molecule has 0 radical (unpaired) electrons. The van der Waals surface area contributed by atoms with Gasteiger partial charge in [-0.25, -0.2) is 8.42 Å². The van der Waals surface area contributed by atoms with Gasteiger partial charge in [-0.2, -0.15) is 0 Å². The molecule has 63 heavy (non-hydrogen) atoms. The fourth-order valence-electron chi connectivity index (χ4n) is 7.37. The molecule has 3 nitrogen and oxygen atoms in total. The first-order valence-electron chi connectivity index (χ1n) is 21.4. The minimum Gasteiger partial charge on any atom is -0.273 e. The maximum absolute atomic E-state index is 12.5. The molecule has 0 N–H and O–H groups in total. The Morgan fingerprint density at radius 2 is 1.03 bits per heavy atom. The van der Waals surface area contributed by atoms with E-state index in [0.29, 0.717) is 16.7 Å². The van der Waals surface area contributed by atoms with E-state index in [2.05, 4.69) is 183 Å². The summed E-state index contributed by atoms with van der Waals surface area (Å²) < 4.78 is 26.2. The Morgan fingerprint density at radius 1 is 0.587 bits per heavy atom. The summed E-state index contributed by atoms with van der Waals surface area (Å²) in [5, 5.41) is 0. The molecule has 7 aromatic rings. The molecule has 7 heteroatoms. The number of sulfone groups is 1. The zero-order chi connectivity index (χ0) is 44.7. The highest BCUT2D eigenvalue weighted by atomic mass is 79.9. The Kier molecular flexibility index (Phi) is 15.2. The standard InChI is InChI=1S/C24H22S.C23H21NO2S2.C9H11Br/c1-16(2)18-8-10-19(11-9-18)17(3)20-12-13-24-22(14-20)15-21-6-4-5-7-23(21)25-24;1-16-7-10-21(11-8-16)28(25,26)15-24-17(2)18-9-12-23-20(13-18)14-19-5-3-4-6-22(19)27-23;1-7(2)8-3-5-9(10)6-4-8/h4-14,16H,3,15H2,1-2H3;3-13H,14-15H2,1-2H3;3-7H,1-2H3. The number of hydrogen-bond acceptors (Lipinski definition) is 5. The van der Waals surface area contributed by atoms with Crippen molar-refractivity contribution < 1.29 is 8.42 Å². The van der Waals surface area contributed by atoms with Crippen molar-refractivity contribution in [1.29, 1.82) is 0 Å². The fraction of sp³-hybridized carbons (Fsp3) is 0.196. The Bertz CT molecular complexity index is 2860. The summed E-state index contributed by atoms with van der Waals surface area (Å²) in [7, 11) is -3.43. The molecule has 0 fully saturated rings. The van der Waals surface area contributed by atoms with E-state index in [4.69, 9.17) is 0 Å². The lowest BCUT2D eigenvalue weighted by atomic mass is 9.94. The monoisotopic (exact) mass is 947 g/mol. The average Bonchev–Trinajstić information content (AvgIpc) is 3.29. The molecule has 0 saturated carbocycles. The summed E-state index contributed by atoms with van der Waals surface area (Å²) in [4.78, 5) is 10.00. The summed E-state index contributed by atoms with van der Waals surface area (Å²) in [6.07, 6.45) is 1.90. The summed E-state index contributed by atoms with van der Waals surface area (Å²) in [6, 6.07) is 54.4. The van der Waals surface area contributed by atoms with Crippen molar-refractivity contribution in [3.05, 3.63) is 224 Å². The Labute approximate surface area is 392 Å². The first kappa shape index (κ1) is 46.1. The first-order valence-corrected chi connectivity index (χ1v) is 25.4. The van der Waals surface area contributed by atoms with Crippen molar-refractivity contribution in [2.45, 2.75) is 90.7 Å². The van der Waals surface area contributed by atoms with E-state index >= 15 is 0 Å². The van der Waals surface area contributed by atoms with E-state index in [0.717, 1.165) is 39.7 Å². The van der Waals surface area contributed by atoms with Crippen molar-refractivity contribution in [2.75, 3.05) is 5.88 Å². The van der Waals surface area contributed by atoms with Crippen LogP contribution in [0.2, 0.25) is 0 Å². The molecule has 0 spiro atoms. The molecule has 2 aliphatic heterocycles. The molecule has 0 bridgehead atoms. The highest BCUT2D eigenvalue weighted by Gasteiger charge is 2.19. The van der Waals surface area contributed by atoms with Gasteiger partial charge in [-0.15, -0.1) is 0 Å². The van der Waals surface area contributed by atoms with Gasteiger partial charge in [0.2, 0.25) is 0 Å². The van der Waals surface area contributed by atoms with Crippen molar-refractivity contribution in [3.8, 4) is 0 Å². The third-order valence-electron chi connectivity index (χ3n) is 11.3. The van der Waals surface area contributed by atoms with Crippen LogP contribution >= 0.6 is 39.5 Å². The SMILES string of the molecule is C=C(c1ccc(C(C)C)cc1)c1ccc2c(c1)Cc1ccccc1S2.CC(=NCS(=O)(=O)c1ccc(C)cc1)c1ccc2c(c1)Cc1ccccc1S2.CC(C)c1ccc(Br)cc1. The van der Waals surface area contributed by atoms with Crippen molar-refractivity contribution in [3.63, 3.8) is 0 Å². The van der Waals surface area contributed by atoms with E-state index in [1.165, 1.54) is 64.1 Å². The van der Waals surface area contributed by atoms with Crippen molar-refractivity contribution >= 4 is 60.6 Å². The molecule has 0 aromatic heterocycles. The molecular weight excluding hydrogens is 895 g/mol. The Morgan fingerprint density at radius 3 is 1.56 bits per heavy atom. The average molecular weight is 949 g/mol. The van der Waals surface area contributed by atoms with Gasteiger partial charge in [-0.3, -0.25) is 4.99 Å². The molecule has 7 aromatic carbocycles. The van der Waals surface area contributed by atoms with Gasteiger partial charge in [0.15, 0.2) is 9.84 Å². The van der Waals surface area contributed by atoms with Gasteiger partial charge in [-0.1, -0.05) is 176 Å². The minimum absolute atomic E-state index is 0.240. The third kappa shape index (κ3) is 11.8. The largest absolute Gasteiger partial charge is 0.273 e. The zero-order valence-corrected chi connectivity index (χ0v) is 40.9. The van der Waals surface area contributed by atoms with Crippen LogP contribution in [0.25, 0.3) is 5.57 Å². The van der Waals surface area contributed by atoms with Crippen LogP contribution in [0.1, 0.15) is 102 Å². The molecule has 2 aliphatic rings. The van der Waals surface area contributed by atoms with Gasteiger partial charge in [0.1, 0.15) is 5.88 Å². The normalized spacial score (nSPS) is 12.7. The lowest BCUT2D eigenvalue weighted by Crippen LogP contribution is -2.08. The quantitative estimate of drug-likeness (QED) is 0.142. The minimum atomic E-state index is -3.43. The summed E-state index contributed by atoms with van der Waals surface area (Å²) in [5.41, 5.74) is 14.4. The predicted octanol–water partition coefficient (Wildman–Crippen LogP) is 15.8. The summed E-state index contributed by atoms with van der Waals surface area (Å²) >= 11 is 7.05. The van der Waals surface area contributed by atoms with Crippen LogP contribution in [-0.4, -0.2) is 20.0 Å². The van der Waals surface area contributed by atoms with Crippen LogP contribution in [0.4, 0.5) is 0 Å². The van der Waals surface area contributed by atoms with Gasteiger partial charge in [0, 0.05) is 29.8 Å². The lowest BCUT2D eigenvalue weighted by molar-refractivity contribution is 0.596. The summed E-state index contributed by atoms with van der Waals surface area (Å²) in [6.45, 7) is 17.0.